The Balaban J connectivity index is 2.03. The fourth-order valence-corrected chi connectivity index (χ4v) is 5.64. The van der Waals surface area contributed by atoms with Gasteiger partial charge in [-0.25, -0.2) is 8.42 Å². The van der Waals surface area contributed by atoms with E-state index in [1.807, 2.05) is 13.8 Å². The first-order valence-electron chi connectivity index (χ1n) is 11.8. The van der Waals surface area contributed by atoms with Crippen LogP contribution in [0.4, 0.5) is 5.69 Å². The van der Waals surface area contributed by atoms with Gasteiger partial charge in [0.2, 0.25) is 11.8 Å². The highest BCUT2D eigenvalue weighted by atomic mass is 35.5. The van der Waals surface area contributed by atoms with Crippen LogP contribution in [-0.2, 0) is 26.2 Å². The molecule has 0 spiro atoms. The van der Waals surface area contributed by atoms with E-state index in [2.05, 4.69) is 5.32 Å². The topological polar surface area (TPSA) is 86.8 Å². The Kier molecular flexibility index (Phi) is 10.1. The standard InChI is InChI=1S/C27H28Cl3N3O4S/c1-18(2)31-27(35)19(3)32(16-20-6-4-7-22(29)14-20)26(34)17-33(24-9-5-8-23(30)15-24)38(36,37)25-12-10-21(28)11-13-25/h4-15,18-19H,16-17H2,1-3H3,(H,31,35)/t19-/m1/s1. The third kappa shape index (κ3) is 7.63. The van der Waals surface area contributed by atoms with Crippen LogP contribution in [0.5, 0.6) is 0 Å². The van der Waals surface area contributed by atoms with E-state index in [1.165, 1.54) is 35.2 Å². The number of benzene rings is 3. The Labute approximate surface area is 238 Å². The molecule has 3 rings (SSSR count). The molecular formula is C27H28Cl3N3O4S. The Hall–Kier alpha value is -2.78. The summed E-state index contributed by atoms with van der Waals surface area (Å²) in [6.07, 6.45) is 0. The van der Waals surface area contributed by atoms with Crippen LogP contribution in [0, 0.1) is 0 Å². The van der Waals surface area contributed by atoms with Crippen LogP contribution < -0.4 is 9.62 Å². The number of anilines is 1. The molecule has 0 aliphatic carbocycles. The van der Waals surface area contributed by atoms with Crippen molar-refractivity contribution in [3.8, 4) is 0 Å². The predicted octanol–water partition coefficient (Wildman–Crippen LogP) is 5.78. The molecule has 38 heavy (non-hydrogen) atoms. The molecule has 0 unspecified atom stereocenters. The molecule has 202 valence electrons. The van der Waals surface area contributed by atoms with Crippen LogP contribution in [0.2, 0.25) is 15.1 Å². The van der Waals surface area contributed by atoms with Crippen molar-refractivity contribution in [3.63, 3.8) is 0 Å². The molecule has 3 aromatic carbocycles. The van der Waals surface area contributed by atoms with Crippen LogP contribution in [0.15, 0.2) is 77.7 Å². The Morgan fingerprint density at radius 1 is 0.842 bits per heavy atom. The van der Waals surface area contributed by atoms with Gasteiger partial charge < -0.3 is 10.2 Å². The van der Waals surface area contributed by atoms with Crippen LogP contribution in [0.1, 0.15) is 26.3 Å². The SMILES string of the molecule is CC(C)NC(=O)[C@@H](C)N(Cc1cccc(Cl)c1)C(=O)CN(c1cccc(Cl)c1)S(=O)(=O)c1ccc(Cl)cc1. The van der Waals surface area contributed by atoms with Gasteiger partial charge in [-0.05, 0) is 80.9 Å². The van der Waals surface area contributed by atoms with Gasteiger partial charge in [0.05, 0.1) is 10.6 Å². The molecule has 0 heterocycles. The molecule has 0 aliphatic heterocycles. The van der Waals surface area contributed by atoms with Gasteiger partial charge in [-0.1, -0.05) is 53.0 Å². The van der Waals surface area contributed by atoms with Crippen LogP contribution in [-0.4, -0.2) is 43.8 Å². The zero-order valence-electron chi connectivity index (χ0n) is 21.1. The number of rotatable bonds is 10. The van der Waals surface area contributed by atoms with Crippen molar-refractivity contribution in [3.05, 3.63) is 93.4 Å². The average Bonchev–Trinajstić information content (AvgIpc) is 2.85. The Bertz CT molecular complexity index is 1400. The highest BCUT2D eigenvalue weighted by Gasteiger charge is 2.32. The molecule has 0 saturated carbocycles. The number of nitrogens with one attached hydrogen (secondary N) is 1. The van der Waals surface area contributed by atoms with E-state index in [-0.39, 0.29) is 29.1 Å². The zero-order valence-corrected chi connectivity index (χ0v) is 24.2. The van der Waals surface area contributed by atoms with E-state index in [1.54, 1.807) is 49.4 Å². The number of carbonyl (C=O) groups excluding carboxylic acids is 2. The van der Waals surface area contributed by atoms with E-state index in [4.69, 9.17) is 34.8 Å². The summed E-state index contributed by atoms with van der Waals surface area (Å²) >= 11 is 18.3. The summed E-state index contributed by atoms with van der Waals surface area (Å²) in [6, 6.07) is 17.7. The number of halogens is 3. The lowest BCUT2D eigenvalue weighted by molar-refractivity contribution is -0.139. The van der Waals surface area contributed by atoms with Crippen molar-refractivity contribution >= 4 is 62.3 Å². The number of amides is 2. The maximum Gasteiger partial charge on any atom is 0.264 e. The van der Waals surface area contributed by atoms with Crippen molar-refractivity contribution in [1.29, 1.82) is 0 Å². The highest BCUT2D eigenvalue weighted by Crippen LogP contribution is 2.27. The van der Waals surface area contributed by atoms with Gasteiger partial charge in [-0.15, -0.1) is 0 Å². The minimum absolute atomic E-state index is 0.0381. The summed E-state index contributed by atoms with van der Waals surface area (Å²) < 4.78 is 28.5. The molecule has 0 fully saturated rings. The predicted molar refractivity (Wildman–Crippen MR) is 152 cm³/mol. The molecule has 0 aromatic heterocycles. The maximum absolute atomic E-state index is 13.8. The minimum atomic E-state index is -4.21. The molecule has 1 atom stereocenters. The molecule has 0 bridgehead atoms. The summed E-state index contributed by atoms with van der Waals surface area (Å²) in [7, 11) is -4.21. The third-order valence-corrected chi connectivity index (χ3v) is 8.13. The summed E-state index contributed by atoms with van der Waals surface area (Å²) in [5.74, 6) is -0.959. The Morgan fingerprint density at radius 2 is 1.45 bits per heavy atom. The molecule has 0 radical (unpaired) electrons. The van der Waals surface area contributed by atoms with E-state index >= 15 is 0 Å². The van der Waals surface area contributed by atoms with Gasteiger partial charge in [-0.2, -0.15) is 0 Å². The van der Waals surface area contributed by atoms with Crippen molar-refractivity contribution in [2.45, 2.75) is 44.3 Å². The van der Waals surface area contributed by atoms with Crippen LogP contribution >= 0.6 is 34.8 Å². The summed E-state index contributed by atoms with van der Waals surface area (Å²) in [5.41, 5.74) is 0.882. The van der Waals surface area contributed by atoms with Crippen molar-refractivity contribution in [1.82, 2.24) is 10.2 Å². The van der Waals surface area contributed by atoms with Gasteiger partial charge >= 0.3 is 0 Å². The maximum atomic E-state index is 13.8. The molecule has 3 aromatic rings. The number of hydrogen-bond acceptors (Lipinski definition) is 4. The highest BCUT2D eigenvalue weighted by molar-refractivity contribution is 7.92. The normalized spacial score (nSPS) is 12.2. The largest absolute Gasteiger partial charge is 0.352 e. The second-order valence-electron chi connectivity index (χ2n) is 8.94. The number of carbonyl (C=O) groups is 2. The molecular weight excluding hydrogens is 569 g/mol. The number of sulfonamides is 1. The number of nitrogens with zero attached hydrogens (tertiary/aromatic N) is 2. The van der Waals surface area contributed by atoms with E-state index in [9.17, 15) is 18.0 Å². The lowest BCUT2D eigenvalue weighted by Gasteiger charge is -2.32. The van der Waals surface area contributed by atoms with Crippen LogP contribution in [0.25, 0.3) is 0 Å². The molecule has 7 nitrogen and oxygen atoms in total. The molecule has 0 saturated heterocycles. The van der Waals surface area contributed by atoms with Gasteiger partial charge in [0.15, 0.2) is 0 Å². The van der Waals surface area contributed by atoms with E-state index in [0.717, 1.165) is 4.31 Å². The molecule has 1 N–H and O–H groups in total. The molecule has 0 aliphatic rings. The first-order valence-corrected chi connectivity index (χ1v) is 14.3. The fourth-order valence-electron chi connectivity index (χ4n) is 3.71. The van der Waals surface area contributed by atoms with Crippen molar-refractivity contribution < 1.29 is 18.0 Å². The summed E-state index contributed by atoms with van der Waals surface area (Å²) in [4.78, 5) is 28.0. The van der Waals surface area contributed by atoms with Crippen molar-refractivity contribution in [2.24, 2.45) is 0 Å². The van der Waals surface area contributed by atoms with E-state index in [0.29, 0.717) is 20.6 Å². The molecule has 11 heteroatoms. The second kappa shape index (κ2) is 12.8. The van der Waals surface area contributed by atoms with Gasteiger partial charge in [0, 0.05) is 27.7 Å². The summed E-state index contributed by atoms with van der Waals surface area (Å²) in [5, 5.41) is 3.95. The second-order valence-corrected chi connectivity index (χ2v) is 12.1. The number of hydrogen-bond donors (Lipinski definition) is 1. The van der Waals surface area contributed by atoms with Crippen LogP contribution in [0.3, 0.4) is 0 Å². The van der Waals surface area contributed by atoms with Gasteiger partial charge in [0.25, 0.3) is 10.0 Å². The zero-order chi connectivity index (χ0) is 28.0. The first-order chi connectivity index (χ1) is 17.9. The minimum Gasteiger partial charge on any atom is -0.352 e. The summed E-state index contributed by atoms with van der Waals surface area (Å²) in [6.45, 7) is 4.68. The lowest BCUT2D eigenvalue weighted by Crippen LogP contribution is -2.52. The third-order valence-electron chi connectivity index (χ3n) is 5.62. The quantitative estimate of drug-likeness (QED) is 0.321. The average molecular weight is 597 g/mol. The smallest absolute Gasteiger partial charge is 0.264 e. The monoisotopic (exact) mass is 595 g/mol. The van der Waals surface area contributed by atoms with E-state index < -0.39 is 28.5 Å². The first kappa shape index (κ1) is 29.8. The molecule has 2 amide bonds. The Morgan fingerprint density at radius 3 is 2.03 bits per heavy atom. The lowest BCUT2D eigenvalue weighted by atomic mass is 10.1. The van der Waals surface area contributed by atoms with Gasteiger partial charge in [0.1, 0.15) is 12.6 Å². The fraction of sp³-hybridized carbons (Fsp3) is 0.259. The van der Waals surface area contributed by atoms with Crippen molar-refractivity contribution in [2.75, 3.05) is 10.8 Å². The van der Waals surface area contributed by atoms with Gasteiger partial charge in [-0.3, -0.25) is 13.9 Å².